The summed E-state index contributed by atoms with van der Waals surface area (Å²) >= 11 is 0. The van der Waals surface area contributed by atoms with E-state index < -0.39 is 33.4 Å². The van der Waals surface area contributed by atoms with Gasteiger partial charge in [0.25, 0.3) is 10.0 Å². The van der Waals surface area contributed by atoms with Crippen molar-refractivity contribution in [3.63, 3.8) is 0 Å². The Hall–Kier alpha value is -1.77. The number of alkyl halides is 3. The molecule has 20 heavy (non-hydrogen) atoms. The predicted octanol–water partition coefficient (Wildman–Crippen LogP) is 1.82. The summed E-state index contributed by atoms with van der Waals surface area (Å²) in [4.78, 5) is 14.3. The van der Waals surface area contributed by atoms with Gasteiger partial charge in [-0.2, -0.15) is 17.6 Å². The van der Waals surface area contributed by atoms with Gasteiger partial charge in [-0.15, -0.1) is 0 Å². The number of rotatable bonds is 1. The molecule has 0 unspecified atom stereocenters. The molecule has 0 aromatic heterocycles. The Kier molecular flexibility index (Phi) is 4.33. The molecule has 1 aliphatic carbocycles. The Morgan fingerprint density at radius 2 is 1.70 bits per heavy atom. The average Bonchev–Trinajstić information content (AvgIpc) is 2.17. The summed E-state index contributed by atoms with van der Waals surface area (Å²) in [6, 6.07) is 0. The summed E-state index contributed by atoms with van der Waals surface area (Å²) in [6.45, 7) is 2.20. The van der Waals surface area contributed by atoms with Crippen LogP contribution in [0.15, 0.2) is 32.7 Å². The fourth-order valence-corrected chi connectivity index (χ4v) is 2.10. The first-order chi connectivity index (χ1) is 8.92. The normalized spacial score (nSPS) is 20.9. The van der Waals surface area contributed by atoms with E-state index in [0.29, 0.717) is 6.26 Å². The van der Waals surface area contributed by atoms with Gasteiger partial charge in [-0.05, 0) is 24.6 Å². The highest BCUT2D eigenvalue weighted by Crippen LogP contribution is 2.33. The third kappa shape index (κ3) is 4.12. The number of carbonyl (C=O) groups is 1. The Morgan fingerprint density at radius 3 is 2.10 bits per heavy atom. The van der Waals surface area contributed by atoms with Crippen LogP contribution in [-0.2, 0) is 14.8 Å². The van der Waals surface area contributed by atoms with Gasteiger partial charge in [0, 0.05) is 6.92 Å². The van der Waals surface area contributed by atoms with Crippen molar-refractivity contribution in [2.45, 2.75) is 20.0 Å². The van der Waals surface area contributed by atoms with E-state index in [1.54, 1.807) is 0 Å². The lowest BCUT2D eigenvalue weighted by Crippen LogP contribution is -2.26. The van der Waals surface area contributed by atoms with Crippen LogP contribution in [0.5, 0.6) is 0 Å². The lowest BCUT2D eigenvalue weighted by atomic mass is 9.94. The van der Waals surface area contributed by atoms with Gasteiger partial charge in [0.05, 0.1) is 23.3 Å². The van der Waals surface area contributed by atoms with Crippen molar-refractivity contribution in [1.82, 2.24) is 0 Å². The summed E-state index contributed by atoms with van der Waals surface area (Å²) < 4.78 is 64.2. The maximum Gasteiger partial charge on any atom is 0.418 e. The van der Waals surface area contributed by atoms with Gasteiger partial charge < -0.3 is 0 Å². The molecule has 1 rings (SSSR count). The average molecular weight is 308 g/mol. The molecule has 0 aromatic carbocycles. The molecule has 0 atom stereocenters. The fraction of sp³-hybridized carbons (Fsp3) is 0.364. The Bertz CT molecular complexity index is 668. The van der Waals surface area contributed by atoms with Gasteiger partial charge in [-0.25, -0.2) is 13.4 Å². The highest BCUT2D eigenvalue weighted by Gasteiger charge is 2.40. The first-order valence-corrected chi connectivity index (χ1v) is 7.13. The van der Waals surface area contributed by atoms with Crippen LogP contribution in [0.1, 0.15) is 13.8 Å². The van der Waals surface area contributed by atoms with Crippen LogP contribution in [0.3, 0.4) is 0 Å². The molecule has 0 spiro atoms. The van der Waals surface area contributed by atoms with Gasteiger partial charge in [-0.1, -0.05) is 0 Å². The van der Waals surface area contributed by atoms with E-state index in [9.17, 15) is 26.4 Å². The molecule has 0 heterocycles. The fourth-order valence-electron chi connectivity index (χ4n) is 1.59. The van der Waals surface area contributed by atoms with Crippen molar-refractivity contribution in [2.24, 2.45) is 9.39 Å². The Balaban J connectivity index is 3.57. The smallest absolute Gasteiger partial charge is 0.273 e. The number of allylic oxidation sites excluding steroid dienone is 4. The molecule has 9 heteroatoms. The monoisotopic (exact) mass is 308 g/mol. The Labute approximate surface area is 113 Å². The van der Waals surface area contributed by atoms with Gasteiger partial charge in [0.1, 0.15) is 0 Å². The van der Waals surface area contributed by atoms with E-state index in [0.717, 1.165) is 26.0 Å². The molecule has 1 amide bonds. The first kappa shape index (κ1) is 16.3. The highest BCUT2D eigenvalue weighted by molar-refractivity contribution is 7.89. The SMILES string of the molecule is CC(=O)N=C1C=C/C(=N/S(C)(=O)=O)C(C(F)(F)F)=C1C. The van der Waals surface area contributed by atoms with Crippen LogP contribution < -0.4 is 0 Å². The van der Waals surface area contributed by atoms with E-state index in [4.69, 9.17) is 0 Å². The van der Waals surface area contributed by atoms with Gasteiger partial charge in [0.15, 0.2) is 0 Å². The topological polar surface area (TPSA) is 75.9 Å². The van der Waals surface area contributed by atoms with Crippen LogP contribution in [-0.4, -0.2) is 38.2 Å². The lowest BCUT2D eigenvalue weighted by molar-refractivity contribution is -0.115. The molecular weight excluding hydrogens is 297 g/mol. The Morgan fingerprint density at radius 1 is 1.20 bits per heavy atom. The summed E-state index contributed by atoms with van der Waals surface area (Å²) in [6.07, 6.45) is -2.12. The zero-order chi connectivity index (χ0) is 15.7. The molecule has 0 fully saturated rings. The highest BCUT2D eigenvalue weighted by atomic mass is 32.2. The molecule has 0 bridgehead atoms. The van der Waals surface area contributed by atoms with Gasteiger partial charge >= 0.3 is 6.18 Å². The maximum atomic E-state index is 13.0. The van der Waals surface area contributed by atoms with Crippen LogP contribution in [0, 0.1) is 0 Å². The number of sulfonamides is 1. The third-order valence-electron chi connectivity index (χ3n) is 2.24. The molecule has 0 saturated carbocycles. The van der Waals surface area contributed by atoms with Crippen LogP contribution >= 0.6 is 0 Å². The summed E-state index contributed by atoms with van der Waals surface area (Å²) in [5, 5.41) is 0. The number of halogens is 3. The van der Waals surface area contributed by atoms with Crippen LogP contribution in [0.4, 0.5) is 13.2 Å². The molecule has 0 radical (unpaired) electrons. The minimum absolute atomic E-state index is 0.169. The third-order valence-corrected chi connectivity index (χ3v) is 2.77. The minimum Gasteiger partial charge on any atom is -0.273 e. The quantitative estimate of drug-likeness (QED) is 0.693. The van der Waals surface area contributed by atoms with Crippen LogP contribution in [0.2, 0.25) is 0 Å². The second-order valence-corrected chi connectivity index (χ2v) is 5.71. The lowest BCUT2D eigenvalue weighted by Gasteiger charge is -2.19. The molecule has 0 saturated heterocycles. The molecule has 5 nitrogen and oxygen atoms in total. The largest absolute Gasteiger partial charge is 0.418 e. The molecule has 0 aromatic rings. The second-order valence-electron chi connectivity index (χ2n) is 4.06. The number of aliphatic imine (C=N–C) groups is 1. The molecule has 110 valence electrons. The number of amides is 1. The molecule has 0 N–H and O–H groups in total. The van der Waals surface area contributed by atoms with E-state index in [1.165, 1.54) is 0 Å². The zero-order valence-corrected chi connectivity index (χ0v) is 11.6. The molecule has 0 aliphatic heterocycles. The maximum absolute atomic E-state index is 13.0. The first-order valence-electron chi connectivity index (χ1n) is 5.28. The number of hydrogen-bond donors (Lipinski definition) is 0. The zero-order valence-electron chi connectivity index (χ0n) is 10.8. The minimum atomic E-state index is -4.81. The van der Waals surface area contributed by atoms with Crippen LogP contribution in [0.25, 0.3) is 0 Å². The number of carbonyl (C=O) groups excluding carboxylic acids is 1. The van der Waals surface area contributed by atoms with Crippen molar-refractivity contribution in [3.05, 3.63) is 23.3 Å². The van der Waals surface area contributed by atoms with E-state index >= 15 is 0 Å². The van der Waals surface area contributed by atoms with Crippen molar-refractivity contribution in [3.8, 4) is 0 Å². The number of nitrogens with zero attached hydrogens (tertiary/aromatic N) is 2. The van der Waals surface area contributed by atoms with Gasteiger partial charge in [-0.3, -0.25) is 4.79 Å². The molecular formula is C11H11F3N2O3S. The van der Waals surface area contributed by atoms with Gasteiger partial charge in [0.2, 0.25) is 5.91 Å². The van der Waals surface area contributed by atoms with Crippen molar-refractivity contribution >= 4 is 27.4 Å². The van der Waals surface area contributed by atoms with E-state index in [2.05, 4.69) is 9.39 Å². The van der Waals surface area contributed by atoms with E-state index in [1.807, 2.05) is 0 Å². The number of hydrogen-bond acceptors (Lipinski definition) is 3. The van der Waals surface area contributed by atoms with Crippen molar-refractivity contribution in [2.75, 3.05) is 6.26 Å². The summed E-state index contributed by atoms with van der Waals surface area (Å²) in [7, 11) is -3.99. The van der Waals surface area contributed by atoms with Crippen molar-refractivity contribution < 1.29 is 26.4 Å². The summed E-state index contributed by atoms with van der Waals surface area (Å²) in [5.41, 5.74) is -2.46. The van der Waals surface area contributed by atoms with Crippen molar-refractivity contribution in [1.29, 1.82) is 0 Å². The second kappa shape index (κ2) is 5.31. The van der Waals surface area contributed by atoms with E-state index in [-0.39, 0.29) is 11.3 Å². The standard InChI is InChI=1S/C11H11F3N2O3S/c1-6-8(15-7(2)17)4-5-9(16-20(3,18)19)10(6)11(12,13)14/h4-5H,1-3H3/b15-8?,16-9-. The summed E-state index contributed by atoms with van der Waals surface area (Å²) in [5.74, 6) is -0.658. The molecule has 1 aliphatic rings. The predicted molar refractivity (Wildman–Crippen MR) is 68.3 cm³/mol.